The summed E-state index contributed by atoms with van der Waals surface area (Å²) in [4.78, 5) is 0. The molecule has 0 saturated carbocycles. The van der Waals surface area contributed by atoms with Crippen molar-refractivity contribution in [1.82, 2.24) is 0 Å². The minimum Gasteiger partial charge on any atom is -0.358 e. The molecule has 1 heteroatoms. The molecule has 0 saturated heterocycles. The van der Waals surface area contributed by atoms with Crippen molar-refractivity contribution >= 4 is 0 Å². The van der Waals surface area contributed by atoms with Crippen LogP contribution >= 0.6 is 0 Å². The Morgan fingerprint density at radius 2 is 1.25 bits per heavy atom. The molecule has 0 aliphatic carbocycles. The maximum atomic E-state index is 3.91. The van der Waals surface area contributed by atoms with Gasteiger partial charge < -0.3 is 14.4 Å². The Balaban J connectivity index is -0.00000144. The summed E-state index contributed by atoms with van der Waals surface area (Å²) in [5.41, 5.74) is 0. The van der Waals surface area contributed by atoms with Crippen LogP contribution in [0.2, 0.25) is 0 Å². The zero-order chi connectivity index (χ0) is 13.8. The quantitative estimate of drug-likeness (QED) is 0.258. The van der Waals surface area contributed by atoms with Crippen LogP contribution in [0.15, 0.2) is 0 Å². The molecule has 0 heterocycles. The third-order valence-corrected chi connectivity index (χ3v) is 4.34. The fourth-order valence-electron chi connectivity index (χ4n) is 2.79. The molecule has 0 aliphatic heterocycles. The minimum atomic E-state index is 0. The molecule has 0 nitrogen and oxygen atoms in total. The molecule has 3 atom stereocenters. The second-order valence-electron chi connectivity index (χ2n) is 6.59. The Morgan fingerprint density at radius 1 is 0.750 bits per heavy atom. The van der Waals surface area contributed by atoms with Crippen LogP contribution in [0.25, 0.3) is 0 Å². The van der Waals surface area contributed by atoms with Gasteiger partial charge in [0.15, 0.2) is 0 Å². The van der Waals surface area contributed by atoms with Crippen LogP contribution in [0.1, 0.15) is 91.9 Å². The fraction of sp³-hybridized carbons (Fsp3) is 0.895. The molecule has 0 aromatic heterocycles. The van der Waals surface area contributed by atoms with Crippen LogP contribution in [-0.4, -0.2) is 0 Å². The van der Waals surface area contributed by atoms with Crippen LogP contribution < -0.4 is 0 Å². The van der Waals surface area contributed by atoms with E-state index in [1.807, 2.05) is 0 Å². The second kappa shape index (κ2) is 18.2. The smallest absolute Gasteiger partial charge is 0 e. The molecule has 0 rings (SSSR count). The van der Waals surface area contributed by atoms with Crippen molar-refractivity contribution < 1.29 is 32.7 Å². The van der Waals surface area contributed by atoms with Gasteiger partial charge in [0, 0.05) is 32.7 Å². The molecule has 0 aromatic rings. The Labute approximate surface area is 156 Å². The van der Waals surface area contributed by atoms with E-state index in [9.17, 15) is 0 Å². The fourth-order valence-corrected chi connectivity index (χ4v) is 2.79. The van der Waals surface area contributed by atoms with Crippen LogP contribution in [0.5, 0.6) is 0 Å². The van der Waals surface area contributed by atoms with Gasteiger partial charge in [-0.2, -0.15) is 6.42 Å². The van der Waals surface area contributed by atoms with Gasteiger partial charge in [0.05, 0.1) is 0 Å². The predicted octanol–water partition coefficient (Wildman–Crippen LogP) is 7.10. The van der Waals surface area contributed by atoms with E-state index in [1.54, 1.807) is 0 Å². The van der Waals surface area contributed by atoms with Crippen LogP contribution in [0.4, 0.5) is 0 Å². The van der Waals surface area contributed by atoms with Crippen LogP contribution in [-0.2, 0) is 32.7 Å². The molecule has 0 fully saturated rings. The molecule has 20 heavy (non-hydrogen) atoms. The van der Waals surface area contributed by atoms with E-state index in [0.29, 0.717) is 0 Å². The number of hydrogen-bond acceptors (Lipinski definition) is 0. The molecule has 0 aliphatic rings. The van der Waals surface area contributed by atoms with Gasteiger partial charge in [0.2, 0.25) is 0 Å². The van der Waals surface area contributed by atoms with Gasteiger partial charge in [-0.15, -0.1) is 0 Å². The SMILES string of the molecule is [CH2-]CCCCCC(C)CC(C)CCCC(C)CC.[CH3-].[Y]. The Bertz CT molecular complexity index is 167. The summed E-state index contributed by atoms with van der Waals surface area (Å²) in [6.45, 7) is 13.5. The van der Waals surface area contributed by atoms with Crippen molar-refractivity contribution in [1.29, 1.82) is 0 Å². The van der Waals surface area contributed by atoms with E-state index in [-0.39, 0.29) is 40.1 Å². The Morgan fingerprint density at radius 3 is 1.75 bits per heavy atom. The zero-order valence-corrected chi connectivity index (χ0v) is 17.9. The average molecular weight is 357 g/mol. The van der Waals surface area contributed by atoms with E-state index in [2.05, 4.69) is 34.6 Å². The van der Waals surface area contributed by atoms with Crippen molar-refractivity contribution in [3.8, 4) is 0 Å². The molecule has 0 N–H and O–H groups in total. The molecule has 1 radical (unpaired) electrons. The summed E-state index contributed by atoms with van der Waals surface area (Å²) < 4.78 is 0. The standard InChI is InChI=1S/C18H37.CH3.Y/c1-6-8-9-10-12-17(4)15-18(5)14-11-13-16(3)7-2;;/h16-18H,1,6-15H2,2-5H3;1H3;/q2*-1;. The molecular formula is C19H40Y-2. The minimum absolute atomic E-state index is 0. The summed E-state index contributed by atoms with van der Waals surface area (Å²) in [5.74, 6) is 2.78. The third kappa shape index (κ3) is 17.2. The first-order chi connectivity index (χ1) is 8.60. The Kier molecular flexibility index (Phi) is 23.6. The van der Waals surface area contributed by atoms with Crippen molar-refractivity contribution in [2.45, 2.75) is 91.9 Å². The van der Waals surface area contributed by atoms with E-state index in [4.69, 9.17) is 0 Å². The van der Waals surface area contributed by atoms with E-state index in [0.717, 1.165) is 24.2 Å². The summed E-state index contributed by atoms with van der Waals surface area (Å²) in [6, 6.07) is 0. The summed E-state index contributed by atoms with van der Waals surface area (Å²) >= 11 is 0. The molecular weight excluding hydrogens is 317 g/mol. The summed E-state index contributed by atoms with van der Waals surface area (Å²) in [6.07, 6.45) is 13.7. The van der Waals surface area contributed by atoms with Crippen molar-refractivity contribution in [2.75, 3.05) is 0 Å². The maximum Gasteiger partial charge on any atom is 0 e. The Hall–Kier alpha value is 1.10. The van der Waals surface area contributed by atoms with E-state index in [1.165, 1.54) is 57.8 Å². The van der Waals surface area contributed by atoms with Gasteiger partial charge in [-0.25, -0.2) is 0 Å². The molecule has 0 spiro atoms. The van der Waals surface area contributed by atoms with Gasteiger partial charge in [-0.1, -0.05) is 79.1 Å². The predicted molar refractivity (Wildman–Crippen MR) is 91.1 cm³/mol. The van der Waals surface area contributed by atoms with Crippen molar-refractivity contribution in [3.05, 3.63) is 14.4 Å². The van der Waals surface area contributed by atoms with Gasteiger partial charge in [0.25, 0.3) is 0 Å². The van der Waals surface area contributed by atoms with Crippen molar-refractivity contribution in [2.24, 2.45) is 17.8 Å². The first kappa shape index (κ1) is 26.0. The molecule has 0 bridgehead atoms. The van der Waals surface area contributed by atoms with Gasteiger partial charge in [0.1, 0.15) is 0 Å². The monoisotopic (exact) mass is 357 g/mol. The topological polar surface area (TPSA) is 0 Å². The van der Waals surface area contributed by atoms with Crippen molar-refractivity contribution in [3.63, 3.8) is 0 Å². The van der Waals surface area contributed by atoms with E-state index >= 15 is 0 Å². The average Bonchev–Trinajstić information content (AvgIpc) is 2.34. The van der Waals surface area contributed by atoms with Gasteiger partial charge in [-0.3, -0.25) is 0 Å². The number of hydrogen-bond donors (Lipinski definition) is 0. The number of unbranched alkanes of at least 4 members (excludes halogenated alkanes) is 3. The molecule has 0 aromatic carbocycles. The first-order valence-electron chi connectivity index (χ1n) is 8.39. The third-order valence-electron chi connectivity index (χ3n) is 4.34. The van der Waals surface area contributed by atoms with Gasteiger partial charge >= 0.3 is 0 Å². The molecule has 3 unspecified atom stereocenters. The maximum absolute atomic E-state index is 3.91. The molecule has 0 amide bonds. The van der Waals surface area contributed by atoms with Gasteiger partial charge in [-0.05, 0) is 24.2 Å². The van der Waals surface area contributed by atoms with E-state index < -0.39 is 0 Å². The largest absolute Gasteiger partial charge is 0.358 e. The first-order valence-corrected chi connectivity index (χ1v) is 8.39. The summed E-state index contributed by atoms with van der Waals surface area (Å²) in [5, 5.41) is 0. The number of rotatable bonds is 12. The second-order valence-corrected chi connectivity index (χ2v) is 6.59. The zero-order valence-electron chi connectivity index (χ0n) is 15.1. The molecule has 121 valence electrons. The van der Waals surface area contributed by atoms with Crippen LogP contribution in [0.3, 0.4) is 0 Å². The summed E-state index contributed by atoms with van der Waals surface area (Å²) in [7, 11) is 0. The van der Waals surface area contributed by atoms with Crippen LogP contribution in [0, 0.1) is 32.1 Å². The normalized spacial score (nSPS) is 14.8.